The summed E-state index contributed by atoms with van der Waals surface area (Å²) in [6.45, 7) is 2.81. The van der Waals surface area contributed by atoms with E-state index in [9.17, 15) is 20.0 Å². The molecule has 7 nitrogen and oxygen atoms in total. The monoisotopic (exact) mass is 335 g/mol. The van der Waals surface area contributed by atoms with Crippen molar-refractivity contribution in [2.24, 2.45) is 0 Å². The lowest BCUT2D eigenvalue weighted by Gasteiger charge is -2.21. The van der Waals surface area contributed by atoms with Crippen molar-refractivity contribution < 1.29 is 14.8 Å². The molecule has 0 heterocycles. The van der Waals surface area contributed by atoms with Crippen molar-refractivity contribution in [2.75, 3.05) is 18.4 Å². The molecule has 1 aliphatic carbocycles. The molecule has 24 heavy (non-hydrogen) atoms. The molecule has 0 aromatic heterocycles. The average Bonchev–Trinajstić information content (AvgIpc) is 2.94. The smallest absolute Gasteiger partial charge is 0.292 e. The number of anilines is 1. The molecule has 1 aliphatic rings. The Morgan fingerprint density at radius 3 is 2.71 bits per heavy atom. The molecule has 1 amide bonds. The third-order valence-corrected chi connectivity index (χ3v) is 4.36. The Bertz CT molecular complexity index is 597. The number of aliphatic hydroxyl groups is 1. The minimum atomic E-state index is -0.829. The van der Waals surface area contributed by atoms with Gasteiger partial charge in [-0.15, -0.1) is 0 Å². The zero-order chi connectivity index (χ0) is 17.6. The van der Waals surface area contributed by atoms with Gasteiger partial charge in [0, 0.05) is 19.2 Å². The predicted molar refractivity (Wildman–Crippen MR) is 92.0 cm³/mol. The topological polar surface area (TPSA) is 104 Å². The molecule has 0 unspecified atom stereocenters. The lowest BCUT2D eigenvalue weighted by atomic mass is 9.98. The quantitative estimate of drug-likeness (QED) is 0.385. The highest BCUT2D eigenvalue weighted by atomic mass is 16.6. The van der Waals surface area contributed by atoms with E-state index < -0.39 is 10.5 Å². The number of nitrogens with one attached hydrogen (secondary N) is 2. The SMILES string of the molecule is Cc1ccc(NCCCNC(=O)CC2(O)CCCC2)c([N+](=O)[O-])c1. The molecule has 0 spiro atoms. The maximum Gasteiger partial charge on any atom is 0.292 e. The van der Waals surface area contributed by atoms with Crippen molar-refractivity contribution in [1.82, 2.24) is 5.32 Å². The van der Waals surface area contributed by atoms with Gasteiger partial charge in [-0.3, -0.25) is 14.9 Å². The van der Waals surface area contributed by atoms with E-state index >= 15 is 0 Å². The van der Waals surface area contributed by atoms with Crippen LogP contribution >= 0.6 is 0 Å². The molecule has 0 aliphatic heterocycles. The molecule has 132 valence electrons. The van der Waals surface area contributed by atoms with Crippen LogP contribution < -0.4 is 10.6 Å². The molecule has 1 saturated carbocycles. The summed E-state index contributed by atoms with van der Waals surface area (Å²) in [4.78, 5) is 22.5. The fourth-order valence-corrected chi connectivity index (χ4v) is 3.05. The van der Waals surface area contributed by atoms with Gasteiger partial charge in [0.1, 0.15) is 5.69 Å². The zero-order valence-electron chi connectivity index (χ0n) is 14.0. The number of aryl methyl sites for hydroxylation is 1. The second kappa shape index (κ2) is 8.10. The van der Waals surface area contributed by atoms with Crippen molar-refractivity contribution in [1.29, 1.82) is 0 Å². The van der Waals surface area contributed by atoms with Gasteiger partial charge in [0.2, 0.25) is 5.91 Å². The van der Waals surface area contributed by atoms with Crippen molar-refractivity contribution in [3.05, 3.63) is 33.9 Å². The molecule has 0 saturated heterocycles. The van der Waals surface area contributed by atoms with E-state index in [1.165, 1.54) is 6.07 Å². The molecule has 0 bridgehead atoms. The third kappa shape index (κ3) is 5.19. The van der Waals surface area contributed by atoms with Crippen LogP contribution in [0.2, 0.25) is 0 Å². The van der Waals surface area contributed by atoms with Gasteiger partial charge in [0.25, 0.3) is 5.69 Å². The van der Waals surface area contributed by atoms with E-state index in [1.807, 2.05) is 13.0 Å². The third-order valence-electron chi connectivity index (χ3n) is 4.36. The van der Waals surface area contributed by atoms with Crippen molar-refractivity contribution in [3.8, 4) is 0 Å². The van der Waals surface area contributed by atoms with Gasteiger partial charge in [-0.2, -0.15) is 0 Å². The molecule has 3 N–H and O–H groups in total. The van der Waals surface area contributed by atoms with Crippen LogP contribution in [0.25, 0.3) is 0 Å². The lowest BCUT2D eigenvalue weighted by molar-refractivity contribution is -0.384. The molecular formula is C17H25N3O4. The number of amides is 1. The highest BCUT2D eigenvalue weighted by molar-refractivity contribution is 5.77. The highest BCUT2D eigenvalue weighted by Gasteiger charge is 2.33. The minimum absolute atomic E-state index is 0.0579. The van der Waals surface area contributed by atoms with E-state index in [0.717, 1.165) is 18.4 Å². The zero-order valence-corrected chi connectivity index (χ0v) is 14.0. The summed E-state index contributed by atoms with van der Waals surface area (Å²) < 4.78 is 0. The largest absolute Gasteiger partial charge is 0.389 e. The second-order valence-corrected chi connectivity index (χ2v) is 6.52. The molecule has 0 radical (unpaired) electrons. The molecule has 7 heteroatoms. The Kier molecular flexibility index (Phi) is 6.14. The molecule has 0 atom stereocenters. The number of hydrogen-bond donors (Lipinski definition) is 3. The van der Waals surface area contributed by atoms with Gasteiger partial charge in [-0.05, 0) is 37.8 Å². The number of nitro benzene ring substituents is 1. The van der Waals surface area contributed by atoms with Crippen LogP contribution in [-0.2, 0) is 4.79 Å². The van der Waals surface area contributed by atoms with Crippen molar-refractivity contribution in [3.63, 3.8) is 0 Å². The number of carbonyl (C=O) groups excluding carboxylic acids is 1. The Morgan fingerprint density at radius 1 is 1.33 bits per heavy atom. The maximum atomic E-state index is 11.8. The first-order valence-corrected chi connectivity index (χ1v) is 8.38. The summed E-state index contributed by atoms with van der Waals surface area (Å²) in [6.07, 6.45) is 4.14. The first-order valence-electron chi connectivity index (χ1n) is 8.38. The number of rotatable bonds is 8. The highest BCUT2D eigenvalue weighted by Crippen LogP contribution is 2.32. The van der Waals surface area contributed by atoms with Gasteiger partial charge < -0.3 is 15.7 Å². The Morgan fingerprint density at radius 2 is 2.04 bits per heavy atom. The Hall–Kier alpha value is -2.15. The van der Waals surface area contributed by atoms with Crippen LogP contribution in [0.5, 0.6) is 0 Å². The van der Waals surface area contributed by atoms with Gasteiger partial charge in [0.05, 0.1) is 16.9 Å². The molecular weight excluding hydrogens is 310 g/mol. The summed E-state index contributed by atoms with van der Waals surface area (Å²) in [5.74, 6) is -0.138. The average molecular weight is 335 g/mol. The standard InChI is InChI=1S/C17H25N3O4/c1-13-5-6-14(15(11-13)20(23)24)18-9-4-10-19-16(21)12-17(22)7-2-3-8-17/h5-6,11,18,22H,2-4,7-10,12H2,1H3,(H,19,21). The van der Waals surface area contributed by atoms with E-state index in [2.05, 4.69) is 10.6 Å². The second-order valence-electron chi connectivity index (χ2n) is 6.52. The van der Waals surface area contributed by atoms with E-state index in [1.54, 1.807) is 6.07 Å². The number of carbonyl (C=O) groups is 1. The first-order chi connectivity index (χ1) is 11.4. The summed E-state index contributed by atoms with van der Waals surface area (Å²) in [7, 11) is 0. The maximum absolute atomic E-state index is 11.8. The van der Waals surface area contributed by atoms with E-state index in [0.29, 0.717) is 38.0 Å². The lowest BCUT2D eigenvalue weighted by Crippen LogP contribution is -2.35. The normalized spacial score (nSPS) is 15.9. The van der Waals surface area contributed by atoms with Crippen molar-refractivity contribution >= 4 is 17.3 Å². The van der Waals surface area contributed by atoms with Gasteiger partial charge in [-0.25, -0.2) is 0 Å². The van der Waals surface area contributed by atoms with Gasteiger partial charge >= 0.3 is 0 Å². The molecule has 1 aromatic carbocycles. The van der Waals surface area contributed by atoms with Gasteiger partial charge in [-0.1, -0.05) is 18.9 Å². The number of nitro groups is 1. The van der Waals surface area contributed by atoms with Crippen LogP contribution in [0.1, 0.15) is 44.1 Å². The number of nitrogens with zero attached hydrogens (tertiary/aromatic N) is 1. The minimum Gasteiger partial charge on any atom is -0.389 e. The summed E-state index contributed by atoms with van der Waals surface area (Å²) in [6, 6.07) is 5.05. The van der Waals surface area contributed by atoms with E-state index in [-0.39, 0.29) is 18.0 Å². The molecule has 2 rings (SSSR count). The summed E-state index contributed by atoms with van der Waals surface area (Å²) >= 11 is 0. The fourth-order valence-electron chi connectivity index (χ4n) is 3.05. The number of benzene rings is 1. The Labute approximate surface area is 141 Å². The van der Waals surface area contributed by atoms with Crippen LogP contribution in [0, 0.1) is 17.0 Å². The van der Waals surface area contributed by atoms with Crippen LogP contribution in [-0.4, -0.2) is 34.6 Å². The first kappa shape index (κ1) is 18.2. The van der Waals surface area contributed by atoms with Crippen LogP contribution in [0.15, 0.2) is 18.2 Å². The fraction of sp³-hybridized carbons (Fsp3) is 0.588. The van der Waals surface area contributed by atoms with Gasteiger partial charge in [0.15, 0.2) is 0 Å². The van der Waals surface area contributed by atoms with Crippen molar-refractivity contribution in [2.45, 2.75) is 51.0 Å². The Balaban J connectivity index is 1.70. The summed E-state index contributed by atoms with van der Waals surface area (Å²) in [5.41, 5.74) is 0.550. The van der Waals surface area contributed by atoms with E-state index in [4.69, 9.17) is 0 Å². The molecule has 1 aromatic rings. The van der Waals surface area contributed by atoms with Crippen LogP contribution in [0.4, 0.5) is 11.4 Å². The molecule has 1 fully saturated rings. The summed E-state index contributed by atoms with van der Waals surface area (Å²) in [5, 5.41) is 27.0. The number of hydrogen-bond acceptors (Lipinski definition) is 5. The predicted octanol–water partition coefficient (Wildman–Crippen LogP) is 2.52. The van der Waals surface area contributed by atoms with Crippen LogP contribution in [0.3, 0.4) is 0 Å².